The van der Waals surface area contributed by atoms with Gasteiger partial charge in [-0.2, -0.15) is 0 Å². The van der Waals surface area contributed by atoms with E-state index >= 15 is 0 Å². The average molecular weight is 506 g/mol. The second-order valence-electron chi connectivity index (χ2n) is 6.96. The van der Waals surface area contributed by atoms with Crippen molar-refractivity contribution in [1.29, 1.82) is 0 Å². The quantitative estimate of drug-likeness (QED) is 0.219. The smallest absolute Gasteiger partial charge is 0.188 e. The minimum atomic E-state index is 0. The number of nitrogens with one attached hydrogen (secondary N) is 1. The van der Waals surface area contributed by atoms with Crippen molar-refractivity contribution in [3.05, 3.63) is 23.8 Å². The minimum Gasteiger partial charge on any atom is -0.493 e. The normalized spacial score (nSPS) is 16.2. The lowest BCUT2D eigenvalue weighted by Gasteiger charge is -2.26. The molecule has 8 heteroatoms. The molecule has 1 heterocycles. The molecule has 0 bridgehead atoms. The fraction of sp³-hybridized carbons (Fsp3) is 0.650. The molecule has 0 amide bonds. The summed E-state index contributed by atoms with van der Waals surface area (Å²) in [5, 5.41) is 3.21. The molecule has 28 heavy (non-hydrogen) atoms. The van der Waals surface area contributed by atoms with Crippen LogP contribution in [0.2, 0.25) is 0 Å². The molecule has 1 atom stereocenters. The number of halogens is 1. The Kier molecular flexibility index (Phi) is 12.2. The van der Waals surface area contributed by atoms with Crippen LogP contribution >= 0.6 is 24.0 Å². The monoisotopic (exact) mass is 506 g/mol. The Hall–Kier alpha value is -1.26. The summed E-state index contributed by atoms with van der Waals surface area (Å²) in [6, 6.07) is 6.02. The highest BCUT2D eigenvalue weighted by Crippen LogP contribution is 2.28. The largest absolute Gasteiger partial charge is 0.493 e. The van der Waals surface area contributed by atoms with Gasteiger partial charge < -0.3 is 25.3 Å². The highest BCUT2D eigenvalue weighted by molar-refractivity contribution is 14.0. The Labute approximate surface area is 186 Å². The molecule has 160 valence electrons. The number of nitrogens with two attached hydrogens (primary N) is 1. The molecule has 1 saturated heterocycles. The van der Waals surface area contributed by atoms with Gasteiger partial charge in [-0.3, -0.25) is 9.89 Å². The summed E-state index contributed by atoms with van der Waals surface area (Å²) in [6.45, 7) is 8.51. The van der Waals surface area contributed by atoms with Gasteiger partial charge in [-0.25, -0.2) is 0 Å². The predicted molar refractivity (Wildman–Crippen MR) is 124 cm³/mol. The number of rotatable bonds is 10. The Morgan fingerprint density at radius 1 is 1.25 bits per heavy atom. The number of guanidine groups is 1. The Morgan fingerprint density at radius 3 is 2.64 bits per heavy atom. The van der Waals surface area contributed by atoms with Gasteiger partial charge in [-0.1, -0.05) is 13.0 Å². The van der Waals surface area contributed by atoms with Crippen LogP contribution < -0.4 is 20.5 Å². The van der Waals surface area contributed by atoms with Crippen molar-refractivity contribution in [2.45, 2.75) is 19.8 Å². The van der Waals surface area contributed by atoms with E-state index < -0.39 is 0 Å². The molecular formula is C20H35IN4O3. The molecule has 3 N–H and O–H groups in total. The first-order valence-corrected chi connectivity index (χ1v) is 9.67. The van der Waals surface area contributed by atoms with Crippen LogP contribution in [0.15, 0.2) is 23.2 Å². The third kappa shape index (κ3) is 8.83. The first-order valence-electron chi connectivity index (χ1n) is 9.67. The molecule has 1 unspecified atom stereocenters. The summed E-state index contributed by atoms with van der Waals surface area (Å²) in [4.78, 5) is 6.90. The molecule has 1 aliphatic heterocycles. The van der Waals surface area contributed by atoms with Gasteiger partial charge in [0.1, 0.15) is 0 Å². The average Bonchev–Trinajstić information content (AvgIpc) is 2.70. The summed E-state index contributed by atoms with van der Waals surface area (Å²) in [6.07, 6.45) is 1.96. The second kappa shape index (κ2) is 13.8. The van der Waals surface area contributed by atoms with Crippen LogP contribution in [-0.4, -0.2) is 71.0 Å². The van der Waals surface area contributed by atoms with E-state index in [1.807, 2.05) is 12.1 Å². The number of methoxy groups -OCH3 is 2. The number of hydrogen-bond acceptors (Lipinski definition) is 5. The maximum atomic E-state index is 5.99. The molecule has 0 radical (unpaired) electrons. The third-order valence-corrected chi connectivity index (χ3v) is 4.67. The highest BCUT2D eigenvalue weighted by Gasteiger charge is 2.10. The van der Waals surface area contributed by atoms with Crippen molar-refractivity contribution < 1.29 is 14.2 Å². The summed E-state index contributed by atoms with van der Waals surface area (Å²) in [5.74, 6) is 2.41. The van der Waals surface area contributed by atoms with Crippen molar-refractivity contribution in [3.8, 4) is 11.5 Å². The van der Waals surface area contributed by atoms with E-state index in [2.05, 4.69) is 28.2 Å². The second-order valence-corrected chi connectivity index (χ2v) is 6.96. The van der Waals surface area contributed by atoms with Crippen molar-refractivity contribution in [2.75, 3.05) is 60.2 Å². The lowest BCUT2D eigenvalue weighted by atomic mass is 10.0. The van der Waals surface area contributed by atoms with Gasteiger partial charge in [0, 0.05) is 26.2 Å². The van der Waals surface area contributed by atoms with E-state index in [-0.39, 0.29) is 24.0 Å². The Morgan fingerprint density at radius 2 is 1.96 bits per heavy atom. The lowest BCUT2D eigenvalue weighted by Crippen LogP contribution is -2.39. The van der Waals surface area contributed by atoms with Gasteiger partial charge in [-0.15, -0.1) is 24.0 Å². The standard InChI is InChI=1S/C20H34N4O3.HI/c1-16(13-17-5-6-18(25-2)19(14-17)26-3)15-23-20(21)22-7-4-8-24-9-11-27-12-10-24;/h5-6,14,16H,4,7-13,15H2,1-3H3,(H3,21,22,23);1H. The van der Waals surface area contributed by atoms with Crippen molar-refractivity contribution in [2.24, 2.45) is 16.6 Å². The number of hydrogen-bond donors (Lipinski definition) is 2. The zero-order valence-corrected chi connectivity index (χ0v) is 19.6. The zero-order valence-electron chi connectivity index (χ0n) is 17.3. The SMILES string of the molecule is COc1ccc(CC(C)CN=C(N)NCCCN2CCOCC2)cc1OC.I. The summed E-state index contributed by atoms with van der Waals surface area (Å²) < 4.78 is 16.0. The maximum Gasteiger partial charge on any atom is 0.188 e. The van der Waals surface area contributed by atoms with Gasteiger partial charge >= 0.3 is 0 Å². The molecule has 1 aromatic rings. The van der Waals surface area contributed by atoms with E-state index in [0.29, 0.717) is 18.4 Å². The number of nitrogens with zero attached hydrogens (tertiary/aromatic N) is 2. The summed E-state index contributed by atoms with van der Waals surface area (Å²) in [7, 11) is 3.30. The predicted octanol–water partition coefficient (Wildman–Crippen LogP) is 2.13. The van der Waals surface area contributed by atoms with Crippen LogP contribution in [0.3, 0.4) is 0 Å². The molecule has 0 spiro atoms. The number of ether oxygens (including phenoxy) is 3. The van der Waals surface area contributed by atoms with Crippen LogP contribution in [0.1, 0.15) is 18.9 Å². The van der Waals surface area contributed by atoms with E-state index in [9.17, 15) is 0 Å². The number of morpholine rings is 1. The molecule has 0 aliphatic carbocycles. The Bertz CT molecular complexity index is 595. The lowest BCUT2D eigenvalue weighted by molar-refractivity contribution is 0.0376. The van der Waals surface area contributed by atoms with E-state index in [1.165, 1.54) is 5.56 Å². The summed E-state index contributed by atoms with van der Waals surface area (Å²) in [5.41, 5.74) is 7.19. The minimum absolute atomic E-state index is 0. The maximum absolute atomic E-state index is 5.99. The van der Waals surface area contributed by atoms with Crippen LogP contribution in [0.5, 0.6) is 11.5 Å². The molecule has 1 aromatic carbocycles. The molecular weight excluding hydrogens is 471 g/mol. The van der Waals surface area contributed by atoms with Crippen LogP contribution in [-0.2, 0) is 11.2 Å². The van der Waals surface area contributed by atoms with E-state index in [1.54, 1.807) is 14.2 Å². The van der Waals surface area contributed by atoms with Gasteiger partial charge in [-0.05, 0) is 43.0 Å². The third-order valence-electron chi connectivity index (χ3n) is 4.67. The molecule has 1 aliphatic rings. The van der Waals surface area contributed by atoms with Crippen molar-refractivity contribution >= 4 is 29.9 Å². The van der Waals surface area contributed by atoms with Crippen LogP contribution in [0.25, 0.3) is 0 Å². The van der Waals surface area contributed by atoms with Gasteiger partial charge in [0.2, 0.25) is 0 Å². The first-order chi connectivity index (χ1) is 13.1. The van der Waals surface area contributed by atoms with Gasteiger partial charge in [0.05, 0.1) is 27.4 Å². The van der Waals surface area contributed by atoms with Gasteiger partial charge in [0.25, 0.3) is 0 Å². The molecule has 1 fully saturated rings. The molecule has 7 nitrogen and oxygen atoms in total. The Balaban J connectivity index is 0.00000392. The van der Waals surface area contributed by atoms with E-state index in [0.717, 1.165) is 63.7 Å². The molecule has 0 saturated carbocycles. The van der Waals surface area contributed by atoms with Crippen molar-refractivity contribution in [3.63, 3.8) is 0 Å². The van der Waals surface area contributed by atoms with Crippen LogP contribution in [0, 0.1) is 5.92 Å². The van der Waals surface area contributed by atoms with Crippen molar-refractivity contribution in [1.82, 2.24) is 10.2 Å². The molecule has 0 aromatic heterocycles. The van der Waals surface area contributed by atoms with Crippen LogP contribution in [0.4, 0.5) is 0 Å². The zero-order chi connectivity index (χ0) is 19.5. The van der Waals surface area contributed by atoms with E-state index in [4.69, 9.17) is 19.9 Å². The first kappa shape index (κ1) is 24.8. The highest BCUT2D eigenvalue weighted by atomic mass is 127. The number of benzene rings is 1. The molecule has 2 rings (SSSR count). The fourth-order valence-electron chi connectivity index (χ4n) is 3.13. The fourth-order valence-corrected chi connectivity index (χ4v) is 3.13. The van der Waals surface area contributed by atoms with Gasteiger partial charge in [0.15, 0.2) is 17.5 Å². The topological polar surface area (TPSA) is 81.3 Å². The summed E-state index contributed by atoms with van der Waals surface area (Å²) >= 11 is 0. The number of aliphatic imine (C=N–C) groups is 1.